The third-order valence-electron chi connectivity index (χ3n) is 6.39. The summed E-state index contributed by atoms with van der Waals surface area (Å²) in [4.78, 5) is 26.2. The van der Waals surface area contributed by atoms with Gasteiger partial charge in [-0.1, -0.05) is 89.6 Å². The van der Waals surface area contributed by atoms with E-state index in [1.807, 2.05) is 24.3 Å². The number of fused-ring (bicyclic) bond motifs is 2. The zero-order chi connectivity index (χ0) is 22.5. The molecule has 4 heteroatoms. The Balaban J connectivity index is 2.51. The molecule has 0 aromatic heterocycles. The number of carbonyl (C=O) groups excluding carboxylic acids is 2. The van der Waals surface area contributed by atoms with Crippen LogP contribution in [0, 0.1) is 22.2 Å². The molecule has 2 unspecified atom stereocenters. The van der Waals surface area contributed by atoms with Gasteiger partial charge in [-0.2, -0.15) is 0 Å². The monoisotopic (exact) mass is 408 g/mol. The van der Waals surface area contributed by atoms with E-state index < -0.39 is 17.4 Å². The second-order valence-electron chi connectivity index (χ2n) is 10.1. The van der Waals surface area contributed by atoms with Crippen molar-refractivity contribution in [1.29, 1.82) is 0 Å². The summed E-state index contributed by atoms with van der Waals surface area (Å²) in [5.41, 5.74) is 2.66. The molecular weight excluding hydrogens is 376 g/mol. The van der Waals surface area contributed by atoms with Gasteiger partial charge in [0.1, 0.15) is 0 Å². The average Bonchev–Trinajstić information content (AvgIpc) is 3.03. The lowest BCUT2D eigenvalue weighted by molar-refractivity contribution is -0.140. The van der Waals surface area contributed by atoms with E-state index in [1.165, 1.54) is 14.2 Å². The predicted octanol–water partition coefficient (Wildman–Crippen LogP) is 5.26. The molecule has 0 spiro atoms. The van der Waals surface area contributed by atoms with Crippen LogP contribution in [0.15, 0.2) is 70.4 Å². The molecule has 0 aromatic rings. The third-order valence-corrected chi connectivity index (χ3v) is 6.39. The number of methoxy groups -OCH3 is 2. The molecule has 0 saturated carbocycles. The molecule has 0 heterocycles. The number of carbonyl (C=O) groups is 2. The summed E-state index contributed by atoms with van der Waals surface area (Å²) in [6.45, 7) is 12.8. The molecule has 0 aliphatic heterocycles. The SMILES string of the molecule is COC(=O)C1=C(C(=O)OC)C2(C(C)(C)C)C=C(C(C)(C)C)C1C2=C1C=CC=CC=C1. The maximum atomic E-state index is 13.2. The molecule has 30 heavy (non-hydrogen) atoms. The Morgan fingerprint density at radius 3 is 1.83 bits per heavy atom. The summed E-state index contributed by atoms with van der Waals surface area (Å²) in [5, 5.41) is 0. The highest BCUT2D eigenvalue weighted by molar-refractivity contribution is 6.07. The van der Waals surface area contributed by atoms with Gasteiger partial charge in [0.2, 0.25) is 0 Å². The van der Waals surface area contributed by atoms with Crippen LogP contribution >= 0.6 is 0 Å². The second-order valence-corrected chi connectivity index (χ2v) is 10.1. The summed E-state index contributed by atoms with van der Waals surface area (Å²) < 4.78 is 10.4. The molecule has 0 amide bonds. The topological polar surface area (TPSA) is 52.6 Å². The first-order valence-electron chi connectivity index (χ1n) is 10.3. The van der Waals surface area contributed by atoms with Gasteiger partial charge in [0.15, 0.2) is 0 Å². The van der Waals surface area contributed by atoms with Gasteiger partial charge >= 0.3 is 11.9 Å². The Morgan fingerprint density at radius 2 is 1.40 bits per heavy atom. The van der Waals surface area contributed by atoms with Crippen LogP contribution in [0.2, 0.25) is 0 Å². The van der Waals surface area contributed by atoms with Crippen molar-refractivity contribution in [3.05, 3.63) is 70.4 Å². The molecule has 3 aliphatic rings. The first kappa shape index (κ1) is 22.1. The molecule has 4 nitrogen and oxygen atoms in total. The lowest BCUT2D eigenvalue weighted by atomic mass is 9.60. The van der Waals surface area contributed by atoms with Crippen LogP contribution in [0.1, 0.15) is 41.5 Å². The molecule has 0 radical (unpaired) electrons. The van der Waals surface area contributed by atoms with E-state index >= 15 is 0 Å². The first-order chi connectivity index (χ1) is 13.9. The van der Waals surface area contributed by atoms with E-state index in [0.29, 0.717) is 11.1 Å². The van der Waals surface area contributed by atoms with Gasteiger partial charge in [-0.15, -0.1) is 0 Å². The van der Waals surface area contributed by atoms with Gasteiger partial charge in [0, 0.05) is 11.3 Å². The summed E-state index contributed by atoms with van der Waals surface area (Å²) in [5.74, 6) is -1.28. The van der Waals surface area contributed by atoms with Crippen molar-refractivity contribution in [1.82, 2.24) is 0 Å². The van der Waals surface area contributed by atoms with Gasteiger partial charge in [-0.25, -0.2) is 9.59 Å². The molecule has 0 N–H and O–H groups in total. The smallest absolute Gasteiger partial charge is 0.335 e. The van der Waals surface area contributed by atoms with Crippen molar-refractivity contribution < 1.29 is 19.1 Å². The quantitative estimate of drug-likeness (QED) is 0.462. The summed E-state index contributed by atoms with van der Waals surface area (Å²) in [6, 6.07) is 0. The average molecular weight is 409 g/mol. The normalized spacial score (nSPS) is 25.6. The molecule has 0 saturated heterocycles. The van der Waals surface area contributed by atoms with Crippen molar-refractivity contribution >= 4 is 11.9 Å². The highest BCUT2D eigenvalue weighted by Crippen LogP contribution is 2.69. The fourth-order valence-corrected chi connectivity index (χ4v) is 5.07. The molecule has 160 valence electrons. The van der Waals surface area contributed by atoms with Crippen molar-refractivity contribution in [2.45, 2.75) is 41.5 Å². The molecule has 2 atom stereocenters. The Bertz CT molecular complexity index is 949. The Morgan fingerprint density at radius 1 is 0.867 bits per heavy atom. The third kappa shape index (κ3) is 3.05. The van der Waals surface area contributed by atoms with Crippen molar-refractivity contribution in [2.75, 3.05) is 14.2 Å². The van der Waals surface area contributed by atoms with Crippen molar-refractivity contribution in [3.8, 4) is 0 Å². The molecule has 2 bridgehead atoms. The highest BCUT2D eigenvalue weighted by atomic mass is 16.5. The minimum Gasteiger partial charge on any atom is -0.466 e. The van der Waals surface area contributed by atoms with Crippen LogP contribution in [0.4, 0.5) is 0 Å². The van der Waals surface area contributed by atoms with E-state index in [1.54, 1.807) is 0 Å². The van der Waals surface area contributed by atoms with Gasteiger partial charge in [-0.05, 0) is 22.0 Å². The standard InChI is InChI=1S/C26H32O4/c1-24(2,3)17-15-26(25(4,5)6)20(16-13-11-9-10-12-14-16)18(17)19(22(27)29-7)21(26)23(28)30-8/h9-15,18H,1-8H3. The molecule has 3 rings (SSSR count). The molecule has 3 aliphatic carbocycles. The van der Waals surface area contributed by atoms with E-state index in [0.717, 1.165) is 16.7 Å². The number of allylic oxidation sites excluding steroid dienone is 10. The molecular formula is C26H32O4. The van der Waals surface area contributed by atoms with Crippen molar-refractivity contribution in [2.24, 2.45) is 22.2 Å². The van der Waals surface area contributed by atoms with Gasteiger partial charge in [0.05, 0.1) is 25.4 Å². The van der Waals surface area contributed by atoms with Gasteiger partial charge in [-0.3, -0.25) is 0 Å². The maximum Gasteiger partial charge on any atom is 0.335 e. The van der Waals surface area contributed by atoms with Crippen LogP contribution in [0.3, 0.4) is 0 Å². The van der Waals surface area contributed by atoms with Crippen LogP contribution < -0.4 is 0 Å². The summed E-state index contributed by atoms with van der Waals surface area (Å²) in [7, 11) is 2.73. The van der Waals surface area contributed by atoms with E-state index in [2.05, 4.69) is 59.8 Å². The number of esters is 2. The van der Waals surface area contributed by atoms with E-state index in [9.17, 15) is 9.59 Å². The fourth-order valence-electron chi connectivity index (χ4n) is 5.07. The highest BCUT2D eigenvalue weighted by Gasteiger charge is 2.65. The minimum atomic E-state index is -0.773. The summed E-state index contributed by atoms with van der Waals surface area (Å²) >= 11 is 0. The Labute approximate surface area is 179 Å². The van der Waals surface area contributed by atoms with E-state index in [-0.39, 0.29) is 16.7 Å². The molecule has 0 fully saturated rings. The Kier molecular flexibility index (Phi) is 5.34. The zero-order valence-corrected chi connectivity index (χ0v) is 19.3. The van der Waals surface area contributed by atoms with Crippen LogP contribution in [0.5, 0.6) is 0 Å². The predicted molar refractivity (Wildman–Crippen MR) is 118 cm³/mol. The van der Waals surface area contributed by atoms with Gasteiger partial charge < -0.3 is 9.47 Å². The van der Waals surface area contributed by atoms with E-state index in [4.69, 9.17) is 9.47 Å². The van der Waals surface area contributed by atoms with Crippen LogP contribution in [-0.2, 0) is 19.1 Å². The number of rotatable bonds is 2. The molecule has 0 aromatic carbocycles. The largest absolute Gasteiger partial charge is 0.466 e. The lowest BCUT2D eigenvalue weighted by Gasteiger charge is -2.42. The van der Waals surface area contributed by atoms with Crippen LogP contribution in [-0.4, -0.2) is 26.2 Å². The van der Waals surface area contributed by atoms with Crippen LogP contribution in [0.25, 0.3) is 0 Å². The second kappa shape index (κ2) is 7.26. The summed E-state index contributed by atoms with van der Waals surface area (Å²) in [6.07, 6.45) is 14.2. The van der Waals surface area contributed by atoms with Crippen molar-refractivity contribution in [3.63, 3.8) is 0 Å². The first-order valence-corrected chi connectivity index (χ1v) is 10.3. The Hall–Kier alpha value is -2.62. The number of ether oxygens (including phenoxy) is 2. The number of hydrogen-bond acceptors (Lipinski definition) is 4. The number of hydrogen-bond donors (Lipinski definition) is 0. The fraction of sp³-hybridized carbons (Fsp3) is 0.462. The zero-order valence-electron chi connectivity index (χ0n) is 19.3. The lowest BCUT2D eigenvalue weighted by Crippen LogP contribution is -2.38. The van der Waals surface area contributed by atoms with Gasteiger partial charge in [0.25, 0.3) is 0 Å². The maximum absolute atomic E-state index is 13.2. The minimum absolute atomic E-state index is 0.194.